The summed E-state index contributed by atoms with van der Waals surface area (Å²) in [5.41, 5.74) is 4.14. The van der Waals surface area contributed by atoms with Gasteiger partial charge in [0.15, 0.2) is 0 Å². The zero-order valence-electron chi connectivity index (χ0n) is 12.8. The molecule has 2 heterocycles. The number of piperidine rings is 1. The van der Waals surface area contributed by atoms with Crippen molar-refractivity contribution in [3.05, 3.63) is 35.7 Å². The van der Waals surface area contributed by atoms with Crippen molar-refractivity contribution in [3.63, 3.8) is 0 Å². The molecule has 5 heteroatoms. The first-order valence-corrected chi connectivity index (χ1v) is 8.27. The molecule has 1 saturated carbocycles. The molecular weight excluding hydrogens is 276 g/mol. The smallest absolute Gasteiger partial charge is 0.112 e. The van der Waals surface area contributed by atoms with E-state index in [1.807, 2.05) is 4.68 Å². The van der Waals surface area contributed by atoms with Crippen molar-refractivity contribution in [3.8, 4) is 5.69 Å². The number of rotatable bonds is 4. The monoisotopic (exact) mass is 298 g/mol. The molecule has 0 bridgehead atoms. The highest BCUT2D eigenvalue weighted by molar-refractivity contribution is 5.51. The van der Waals surface area contributed by atoms with Crippen molar-refractivity contribution in [1.82, 2.24) is 15.0 Å². The number of anilines is 1. The predicted octanol–water partition coefficient (Wildman–Crippen LogP) is 2.63. The van der Waals surface area contributed by atoms with Crippen LogP contribution in [0.2, 0.25) is 0 Å². The van der Waals surface area contributed by atoms with Crippen LogP contribution in [0.15, 0.2) is 24.3 Å². The Morgan fingerprint density at radius 1 is 1.00 bits per heavy atom. The molecule has 0 atom stereocenters. The van der Waals surface area contributed by atoms with Gasteiger partial charge in [-0.05, 0) is 56.4 Å². The van der Waals surface area contributed by atoms with Gasteiger partial charge in [-0.25, -0.2) is 4.68 Å². The summed E-state index contributed by atoms with van der Waals surface area (Å²) in [4.78, 5) is 2.45. The standard InChI is InChI=1S/C17H22N4O/c22-12-16-17(13-4-5-13)21(19-18-16)15-8-6-14(7-9-15)20-10-2-1-3-11-20/h6-9,13,22H,1-5,10-12H2. The third-order valence-corrected chi connectivity index (χ3v) is 4.71. The third-order valence-electron chi connectivity index (χ3n) is 4.71. The molecule has 0 amide bonds. The minimum atomic E-state index is -0.0301. The Bertz CT molecular complexity index is 639. The lowest BCUT2D eigenvalue weighted by Gasteiger charge is -2.28. The van der Waals surface area contributed by atoms with Gasteiger partial charge in [-0.2, -0.15) is 0 Å². The second-order valence-electron chi connectivity index (χ2n) is 6.33. The maximum Gasteiger partial charge on any atom is 0.112 e. The van der Waals surface area contributed by atoms with Gasteiger partial charge < -0.3 is 10.0 Å². The molecule has 2 fully saturated rings. The Hall–Kier alpha value is -1.88. The fourth-order valence-electron chi connectivity index (χ4n) is 3.35. The number of aliphatic hydroxyl groups is 1. The van der Waals surface area contributed by atoms with E-state index < -0.39 is 0 Å². The molecule has 1 aliphatic heterocycles. The molecule has 0 radical (unpaired) electrons. The zero-order valence-corrected chi connectivity index (χ0v) is 12.8. The molecule has 0 spiro atoms. The Kier molecular flexibility index (Phi) is 3.58. The highest BCUT2D eigenvalue weighted by Gasteiger charge is 2.31. The van der Waals surface area contributed by atoms with Gasteiger partial charge in [0.05, 0.1) is 18.0 Å². The maximum atomic E-state index is 9.45. The highest BCUT2D eigenvalue weighted by Crippen LogP contribution is 2.42. The van der Waals surface area contributed by atoms with Gasteiger partial charge in [0.2, 0.25) is 0 Å². The molecule has 2 aliphatic rings. The number of aliphatic hydroxyl groups excluding tert-OH is 1. The van der Waals surface area contributed by atoms with Crippen LogP contribution in [0.1, 0.15) is 49.4 Å². The van der Waals surface area contributed by atoms with Crippen molar-refractivity contribution in [2.45, 2.75) is 44.6 Å². The fraction of sp³-hybridized carbons (Fsp3) is 0.529. The van der Waals surface area contributed by atoms with Crippen LogP contribution in [-0.2, 0) is 6.61 Å². The first-order valence-electron chi connectivity index (χ1n) is 8.27. The molecule has 1 saturated heterocycles. The number of aromatic nitrogens is 3. The summed E-state index contributed by atoms with van der Waals surface area (Å²) in [6, 6.07) is 8.59. The molecule has 4 rings (SSSR count). The van der Waals surface area contributed by atoms with Crippen molar-refractivity contribution < 1.29 is 5.11 Å². The van der Waals surface area contributed by atoms with Gasteiger partial charge in [0, 0.05) is 24.7 Å². The number of hydrogen-bond donors (Lipinski definition) is 1. The lowest BCUT2D eigenvalue weighted by molar-refractivity contribution is 0.275. The summed E-state index contributed by atoms with van der Waals surface area (Å²) < 4.78 is 1.91. The van der Waals surface area contributed by atoms with Crippen LogP contribution in [0.3, 0.4) is 0 Å². The second-order valence-corrected chi connectivity index (χ2v) is 6.33. The van der Waals surface area contributed by atoms with Gasteiger partial charge in [-0.15, -0.1) is 5.10 Å². The van der Waals surface area contributed by atoms with E-state index in [9.17, 15) is 5.11 Å². The Morgan fingerprint density at radius 2 is 1.68 bits per heavy atom. The van der Waals surface area contributed by atoms with E-state index in [0.29, 0.717) is 5.92 Å². The summed E-state index contributed by atoms with van der Waals surface area (Å²) in [5, 5.41) is 17.8. The lowest BCUT2D eigenvalue weighted by Crippen LogP contribution is -2.29. The molecule has 1 N–H and O–H groups in total. The number of benzene rings is 1. The van der Waals surface area contributed by atoms with Crippen molar-refractivity contribution in [2.75, 3.05) is 18.0 Å². The molecule has 116 valence electrons. The molecule has 5 nitrogen and oxygen atoms in total. The average Bonchev–Trinajstić information content (AvgIpc) is 3.34. The van der Waals surface area contributed by atoms with Gasteiger partial charge in [0.25, 0.3) is 0 Å². The molecule has 22 heavy (non-hydrogen) atoms. The average molecular weight is 298 g/mol. The topological polar surface area (TPSA) is 54.2 Å². The largest absolute Gasteiger partial charge is 0.390 e. The van der Waals surface area contributed by atoms with Crippen LogP contribution < -0.4 is 4.90 Å². The van der Waals surface area contributed by atoms with Gasteiger partial charge in [-0.1, -0.05) is 5.21 Å². The Morgan fingerprint density at radius 3 is 2.32 bits per heavy atom. The molecule has 1 aromatic heterocycles. The lowest BCUT2D eigenvalue weighted by atomic mass is 10.1. The summed E-state index contributed by atoms with van der Waals surface area (Å²) in [5.74, 6) is 0.513. The summed E-state index contributed by atoms with van der Waals surface area (Å²) >= 11 is 0. The van der Waals surface area contributed by atoms with Crippen LogP contribution in [0.4, 0.5) is 5.69 Å². The number of hydrogen-bond acceptors (Lipinski definition) is 4. The summed E-state index contributed by atoms with van der Waals surface area (Å²) in [7, 11) is 0. The first-order chi connectivity index (χ1) is 10.9. The fourth-order valence-corrected chi connectivity index (χ4v) is 3.35. The normalized spacial score (nSPS) is 18.7. The SMILES string of the molecule is OCc1nnn(-c2ccc(N3CCCCC3)cc2)c1C1CC1. The Labute approximate surface area is 130 Å². The third kappa shape index (κ3) is 2.50. The number of nitrogens with zero attached hydrogens (tertiary/aromatic N) is 4. The van der Waals surface area contributed by atoms with Gasteiger partial charge in [-0.3, -0.25) is 0 Å². The van der Waals surface area contributed by atoms with E-state index in [1.165, 1.54) is 37.8 Å². The van der Waals surface area contributed by atoms with E-state index in [4.69, 9.17) is 0 Å². The molecular formula is C17H22N4O. The van der Waals surface area contributed by atoms with E-state index in [1.54, 1.807) is 0 Å². The van der Waals surface area contributed by atoms with Crippen LogP contribution in [0, 0.1) is 0 Å². The van der Waals surface area contributed by atoms with Gasteiger partial charge in [0.1, 0.15) is 5.69 Å². The van der Waals surface area contributed by atoms with E-state index >= 15 is 0 Å². The van der Waals surface area contributed by atoms with E-state index in [0.717, 1.165) is 30.2 Å². The quantitative estimate of drug-likeness (QED) is 0.943. The van der Waals surface area contributed by atoms with E-state index in [-0.39, 0.29) is 6.61 Å². The van der Waals surface area contributed by atoms with Crippen LogP contribution in [0.5, 0.6) is 0 Å². The van der Waals surface area contributed by atoms with E-state index in [2.05, 4.69) is 39.5 Å². The van der Waals surface area contributed by atoms with Crippen molar-refractivity contribution in [1.29, 1.82) is 0 Å². The summed E-state index contributed by atoms with van der Waals surface area (Å²) in [6.45, 7) is 2.28. The predicted molar refractivity (Wildman–Crippen MR) is 85.3 cm³/mol. The minimum absolute atomic E-state index is 0.0301. The molecule has 1 aliphatic carbocycles. The molecule has 2 aromatic rings. The summed E-state index contributed by atoms with van der Waals surface area (Å²) in [6.07, 6.45) is 6.27. The van der Waals surface area contributed by atoms with Crippen LogP contribution >= 0.6 is 0 Å². The Balaban J connectivity index is 1.62. The maximum absolute atomic E-state index is 9.45. The zero-order chi connectivity index (χ0) is 14.9. The second kappa shape index (κ2) is 5.72. The minimum Gasteiger partial charge on any atom is -0.390 e. The molecule has 0 unspecified atom stereocenters. The highest BCUT2D eigenvalue weighted by atomic mass is 16.3. The van der Waals surface area contributed by atoms with Crippen LogP contribution in [-0.4, -0.2) is 33.2 Å². The van der Waals surface area contributed by atoms with Gasteiger partial charge >= 0.3 is 0 Å². The van der Waals surface area contributed by atoms with Crippen molar-refractivity contribution in [2.24, 2.45) is 0 Å². The first kappa shape index (κ1) is 13.8. The van der Waals surface area contributed by atoms with Crippen molar-refractivity contribution >= 4 is 5.69 Å². The molecule has 1 aromatic carbocycles. The van der Waals surface area contributed by atoms with Crippen LogP contribution in [0.25, 0.3) is 5.69 Å².